The van der Waals surface area contributed by atoms with Crippen LogP contribution in [0.25, 0.3) is 0 Å². The third-order valence-corrected chi connectivity index (χ3v) is 5.44. The predicted octanol–water partition coefficient (Wildman–Crippen LogP) is 2.61. The maximum atomic E-state index is 11.9. The molecule has 1 rings (SSSR count). The van der Waals surface area contributed by atoms with Gasteiger partial charge in [0.15, 0.2) is 0 Å². The molecule has 19 heavy (non-hydrogen) atoms. The first kappa shape index (κ1) is 16.3. The molecule has 1 N–H and O–H groups in total. The van der Waals surface area contributed by atoms with E-state index in [9.17, 15) is 8.42 Å². The highest BCUT2D eigenvalue weighted by Gasteiger charge is 2.17. The highest BCUT2D eigenvalue weighted by atomic mass is 35.5. The molecule has 0 bridgehead atoms. The van der Waals surface area contributed by atoms with Gasteiger partial charge in [-0.2, -0.15) is 0 Å². The molecule has 0 aliphatic rings. The van der Waals surface area contributed by atoms with Crippen molar-refractivity contribution in [3.05, 3.63) is 24.3 Å². The molecule has 0 saturated carbocycles. The minimum atomic E-state index is -3.36. The van der Waals surface area contributed by atoms with Crippen molar-refractivity contribution in [1.29, 1.82) is 0 Å². The minimum absolute atomic E-state index is 0.230. The van der Waals surface area contributed by atoms with Crippen LogP contribution < -0.4 is 5.32 Å². The second kappa shape index (κ2) is 6.59. The number of hydrogen-bond acceptors (Lipinski definition) is 3. The molecule has 0 radical (unpaired) electrons. The van der Waals surface area contributed by atoms with Gasteiger partial charge in [0.2, 0.25) is 10.0 Å². The van der Waals surface area contributed by atoms with Crippen LogP contribution in [0.5, 0.6) is 0 Å². The summed E-state index contributed by atoms with van der Waals surface area (Å²) in [5.74, 6) is 0.924. The number of benzene rings is 1. The van der Waals surface area contributed by atoms with Gasteiger partial charge in [-0.1, -0.05) is 6.92 Å². The van der Waals surface area contributed by atoms with Gasteiger partial charge in [-0.15, -0.1) is 11.6 Å². The zero-order valence-corrected chi connectivity index (χ0v) is 13.3. The van der Waals surface area contributed by atoms with Crippen molar-refractivity contribution in [2.45, 2.75) is 24.8 Å². The highest BCUT2D eigenvalue weighted by Crippen LogP contribution is 2.18. The Balaban J connectivity index is 2.83. The van der Waals surface area contributed by atoms with Gasteiger partial charge in [0.1, 0.15) is 0 Å². The molecule has 0 aliphatic heterocycles. The highest BCUT2D eigenvalue weighted by molar-refractivity contribution is 7.89. The zero-order valence-electron chi connectivity index (χ0n) is 11.7. The van der Waals surface area contributed by atoms with Crippen LogP contribution in [-0.4, -0.2) is 38.7 Å². The predicted molar refractivity (Wildman–Crippen MR) is 80.3 cm³/mol. The van der Waals surface area contributed by atoms with Gasteiger partial charge >= 0.3 is 0 Å². The van der Waals surface area contributed by atoms with E-state index < -0.39 is 10.0 Å². The summed E-state index contributed by atoms with van der Waals surface area (Å²) in [6.07, 6.45) is 0. The second-order valence-electron chi connectivity index (χ2n) is 4.88. The van der Waals surface area contributed by atoms with E-state index in [0.29, 0.717) is 16.7 Å². The molecule has 0 amide bonds. The van der Waals surface area contributed by atoms with Crippen molar-refractivity contribution >= 4 is 27.3 Å². The van der Waals surface area contributed by atoms with Crippen LogP contribution in [0.2, 0.25) is 0 Å². The van der Waals surface area contributed by atoms with E-state index in [2.05, 4.69) is 19.2 Å². The molecule has 2 unspecified atom stereocenters. The van der Waals surface area contributed by atoms with Crippen LogP contribution in [0.3, 0.4) is 0 Å². The number of hydrogen-bond donors (Lipinski definition) is 1. The van der Waals surface area contributed by atoms with E-state index in [1.807, 2.05) is 0 Å². The van der Waals surface area contributed by atoms with Gasteiger partial charge in [-0.25, -0.2) is 12.7 Å². The van der Waals surface area contributed by atoms with Gasteiger partial charge in [0.25, 0.3) is 0 Å². The molecule has 4 nitrogen and oxygen atoms in total. The maximum absolute atomic E-state index is 11.9. The average Bonchev–Trinajstić information content (AvgIpc) is 2.38. The van der Waals surface area contributed by atoms with Crippen molar-refractivity contribution in [1.82, 2.24) is 4.31 Å². The third kappa shape index (κ3) is 4.09. The Bertz CT molecular complexity index is 500. The molecular formula is C13H21ClN2O2S. The number of sulfonamides is 1. The second-order valence-corrected chi connectivity index (χ2v) is 7.34. The zero-order chi connectivity index (χ0) is 14.6. The fourth-order valence-corrected chi connectivity index (χ4v) is 2.64. The van der Waals surface area contributed by atoms with Crippen LogP contribution >= 0.6 is 11.6 Å². The SMILES string of the molecule is CC(CCl)C(C)Nc1ccc(S(=O)(=O)N(C)C)cc1. The van der Waals surface area contributed by atoms with Crippen molar-refractivity contribution in [3.8, 4) is 0 Å². The maximum Gasteiger partial charge on any atom is 0.242 e. The molecule has 0 spiro atoms. The van der Waals surface area contributed by atoms with Crippen LogP contribution in [-0.2, 0) is 10.0 Å². The third-order valence-electron chi connectivity index (χ3n) is 3.12. The van der Waals surface area contributed by atoms with Crippen molar-refractivity contribution in [2.75, 3.05) is 25.3 Å². The lowest BCUT2D eigenvalue weighted by Gasteiger charge is -2.20. The quantitative estimate of drug-likeness (QED) is 0.822. The summed E-state index contributed by atoms with van der Waals surface area (Å²) in [5, 5.41) is 3.31. The Morgan fingerprint density at radius 3 is 2.16 bits per heavy atom. The Labute approximate surface area is 120 Å². The van der Waals surface area contributed by atoms with E-state index in [1.54, 1.807) is 24.3 Å². The summed E-state index contributed by atoms with van der Waals surface area (Å²) in [6.45, 7) is 4.12. The van der Waals surface area contributed by atoms with E-state index in [0.717, 1.165) is 5.69 Å². The standard InChI is InChI=1S/C13H21ClN2O2S/c1-10(9-14)11(2)15-12-5-7-13(8-6-12)19(17,18)16(3)4/h5-8,10-11,15H,9H2,1-4H3. The van der Waals surface area contributed by atoms with E-state index in [-0.39, 0.29) is 6.04 Å². The van der Waals surface area contributed by atoms with Gasteiger partial charge < -0.3 is 5.32 Å². The Morgan fingerprint density at radius 1 is 1.21 bits per heavy atom. The lowest BCUT2D eigenvalue weighted by Crippen LogP contribution is -2.25. The first-order valence-electron chi connectivity index (χ1n) is 6.14. The number of rotatable bonds is 6. The topological polar surface area (TPSA) is 49.4 Å². The summed E-state index contributed by atoms with van der Waals surface area (Å²) in [7, 11) is -0.320. The van der Waals surface area contributed by atoms with E-state index in [4.69, 9.17) is 11.6 Å². The molecule has 6 heteroatoms. The largest absolute Gasteiger partial charge is 0.382 e. The summed E-state index contributed by atoms with van der Waals surface area (Å²) < 4.78 is 25.0. The first-order chi connectivity index (χ1) is 8.78. The Kier molecular flexibility index (Phi) is 5.64. The Morgan fingerprint density at radius 2 is 1.74 bits per heavy atom. The van der Waals surface area contributed by atoms with Crippen LogP contribution in [0.4, 0.5) is 5.69 Å². The van der Waals surface area contributed by atoms with Gasteiger partial charge in [-0.05, 0) is 37.1 Å². The summed E-state index contributed by atoms with van der Waals surface area (Å²) >= 11 is 5.81. The molecule has 108 valence electrons. The molecule has 0 saturated heterocycles. The van der Waals surface area contributed by atoms with Gasteiger partial charge in [-0.3, -0.25) is 0 Å². The summed E-state index contributed by atoms with van der Waals surface area (Å²) in [4.78, 5) is 0.293. The molecule has 0 aromatic heterocycles. The van der Waals surface area contributed by atoms with E-state index in [1.165, 1.54) is 18.4 Å². The van der Waals surface area contributed by atoms with Gasteiger partial charge in [0, 0.05) is 31.7 Å². The summed E-state index contributed by atoms with van der Waals surface area (Å²) in [6, 6.07) is 6.99. The number of nitrogens with one attached hydrogen (secondary N) is 1. The lowest BCUT2D eigenvalue weighted by atomic mass is 10.1. The molecular weight excluding hydrogens is 284 g/mol. The Hall–Kier alpha value is -0.780. The van der Waals surface area contributed by atoms with Crippen molar-refractivity contribution < 1.29 is 8.42 Å². The molecule has 0 fully saturated rings. The fourth-order valence-electron chi connectivity index (χ4n) is 1.47. The monoisotopic (exact) mass is 304 g/mol. The minimum Gasteiger partial charge on any atom is -0.382 e. The normalized spacial score (nSPS) is 15.3. The van der Waals surface area contributed by atoms with Crippen LogP contribution in [0, 0.1) is 5.92 Å². The lowest BCUT2D eigenvalue weighted by molar-refractivity contribution is 0.520. The number of anilines is 1. The van der Waals surface area contributed by atoms with Crippen molar-refractivity contribution in [3.63, 3.8) is 0 Å². The smallest absolute Gasteiger partial charge is 0.242 e. The molecule has 1 aromatic carbocycles. The number of alkyl halides is 1. The van der Waals surface area contributed by atoms with Crippen LogP contribution in [0.1, 0.15) is 13.8 Å². The number of nitrogens with zero attached hydrogens (tertiary/aromatic N) is 1. The first-order valence-corrected chi connectivity index (χ1v) is 8.11. The summed E-state index contributed by atoms with van der Waals surface area (Å²) in [5.41, 5.74) is 0.891. The average molecular weight is 305 g/mol. The molecule has 1 aromatic rings. The fraction of sp³-hybridized carbons (Fsp3) is 0.538. The molecule has 0 heterocycles. The van der Waals surface area contributed by atoms with E-state index >= 15 is 0 Å². The number of halogens is 1. The molecule has 0 aliphatic carbocycles. The van der Waals surface area contributed by atoms with Crippen molar-refractivity contribution in [2.24, 2.45) is 5.92 Å². The van der Waals surface area contributed by atoms with Gasteiger partial charge in [0.05, 0.1) is 4.90 Å². The molecule has 2 atom stereocenters. The van der Waals surface area contributed by atoms with Crippen LogP contribution in [0.15, 0.2) is 29.2 Å².